The molecule has 1 amide bonds. The summed E-state index contributed by atoms with van der Waals surface area (Å²) in [7, 11) is 1.38. The highest BCUT2D eigenvalue weighted by Gasteiger charge is 2.34. The number of hydrogen-bond donors (Lipinski definition) is 1. The van der Waals surface area contributed by atoms with Crippen molar-refractivity contribution in [2.45, 2.75) is 12.8 Å². The van der Waals surface area contributed by atoms with Gasteiger partial charge in [0.15, 0.2) is 0 Å². The number of ether oxygens (including phenoxy) is 1. The largest absolute Gasteiger partial charge is 0.480 e. The van der Waals surface area contributed by atoms with Crippen LogP contribution < -0.4 is 0 Å². The van der Waals surface area contributed by atoms with Gasteiger partial charge in [0.05, 0.1) is 6.61 Å². The van der Waals surface area contributed by atoms with Crippen molar-refractivity contribution >= 4 is 11.9 Å². The zero-order valence-corrected chi connectivity index (χ0v) is 11.2. The molecule has 21 heavy (non-hydrogen) atoms. The molecule has 0 aliphatic heterocycles. The summed E-state index contributed by atoms with van der Waals surface area (Å²) >= 11 is 0. The molecule has 0 spiro atoms. The van der Waals surface area contributed by atoms with E-state index in [1.807, 2.05) is 0 Å². The Morgan fingerprint density at radius 2 is 1.90 bits per heavy atom. The van der Waals surface area contributed by atoms with Gasteiger partial charge < -0.3 is 14.7 Å². The Kier molecular flexibility index (Phi) is 5.71. The molecule has 1 aromatic carbocycles. The highest BCUT2D eigenvalue weighted by molar-refractivity contribution is 5.97. The van der Waals surface area contributed by atoms with Crippen molar-refractivity contribution in [3.05, 3.63) is 35.4 Å². The van der Waals surface area contributed by atoms with E-state index in [1.54, 1.807) is 6.07 Å². The first-order valence-corrected chi connectivity index (χ1v) is 5.89. The molecule has 0 heterocycles. The van der Waals surface area contributed by atoms with Crippen molar-refractivity contribution < 1.29 is 32.6 Å². The SMILES string of the molecule is COCc1ccccc1C(=O)N(CC(=O)O)CC(F)(F)F. The molecule has 0 radical (unpaired) electrons. The van der Waals surface area contributed by atoms with Gasteiger partial charge in [0.25, 0.3) is 5.91 Å². The topological polar surface area (TPSA) is 66.8 Å². The Morgan fingerprint density at radius 1 is 1.29 bits per heavy atom. The number of rotatable bonds is 6. The summed E-state index contributed by atoms with van der Waals surface area (Å²) in [5, 5.41) is 8.66. The number of halogens is 3. The number of benzene rings is 1. The molecule has 0 saturated carbocycles. The van der Waals surface area contributed by atoms with E-state index in [4.69, 9.17) is 9.84 Å². The second-order valence-electron chi connectivity index (χ2n) is 4.26. The molecule has 1 N–H and O–H groups in total. The fourth-order valence-electron chi connectivity index (χ4n) is 1.76. The monoisotopic (exact) mass is 305 g/mol. The Hall–Kier alpha value is -2.09. The molecule has 0 aliphatic carbocycles. The van der Waals surface area contributed by atoms with E-state index < -0.39 is 31.1 Å². The van der Waals surface area contributed by atoms with Crippen LogP contribution in [0.1, 0.15) is 15.9 Å². The van der Waals surface area contributed by atoms with Crippen LogP contribution in [0.4, 0.5) is 13.2 Å². The number of carboxylic acid groups (broad SMARTS) is 1. The first kappa shape index (κ1) is 17.0. The maximum atomic E-state index is 12.5. The lowest BCUT2D eigenvalue weighted by molar-refractivity contribution is -0.149. The molecule has 0 fully saturated rings. The number of carbonyl (C=O) groups is 2. The summed E-state index contributed by atoms with van der Waals surface area (Å²) in [4.78, 5) is 23.1. The summed E-state index contributed by atoms with van der Waals surface area (Å²) in [6, 6.07) is 5.96. The highest BCUT2D eigenvalue weighted by Crippen LogP contribution is 2.19. The van der Waals surface area contributed by atoms with Gasteiger partial charge >= 0.3 is 12.1 Å². The Labute approximate surface area is 118 Å². The number of methoxy groups -OCH3 is 1. The van der Waals surface area contributed by atoms with Crippen LogP contribution in [0.25, 0.3) is 0 Å². The molecule has 0 atom stereocenters. The minimum atomic E-state index is -4.68. The molecular weight excluding hydrogens is 291 g/mol. The lowest BCUT2D eigenvalue weighted by Crippen LogP contribution is -2.42. The van der Waals surface area contributed by atoms with Crippen LogP contribution in [0, 0.1) is 0 Å². The Balaban J connectivity index is 3.07. The number of carboxylic acids is 1. The molecule has 5 nitrogen and oxygen atoms in total. The van der Waals surface area contributed by atoms with Crippen molar-refractivity contribution in [3.8, 4) is 0 Å². The molecule has 0 unspecified atom stereocenters. The lowest BCUT2D eigenvalue weighted by atomic mass is 10.1. The van der Waals surface area contributed by atoms with Gasteiger partial charge in [-0.25, -0.2) is 0 Å². The zero-order chi connectivity index (χ0) is 16.0. The van der Waals surface area contributed by atoms with Crippen molar-refractivity contribution in [1.29, 1.82) is 0 Å². The molecule has 0 aliphatic rings. The van der Waals surface area contributed by atoms with Crippen molar-refractivity contribution in [1.82, 2.24) is 4.90 Å². The maximum Gasteiger partial charge on any atom is 0.406 e. The molecule has 1 aromatic rings. The number of carbonyl (C=O) groups excluding carboxylic acids is 1. The third kappa shape index (κ3) is 5.42. The van der Waals surface area contributed by atoms with Gasteiger partial charge in [-0.3, -0.25) is 9.59 Å². The number of amides is 1. The van der Waals surface area contributed by atoms with Crippen LogP contribution >= 0.6 is 0 Å². The number of aliphatic carboxylic acids is 1. The summed E-state index contributed by atoms with van der Waals surface area (Å²) < 4.78 is 42.3. The van der Waals surface area contributed by atoms with Gasteiger partial charge in [-0.15, -0.1) is 0 Å². The van der Waals surface area contributed by atoms with Gasteiger partial charge in [-0.05, 0) is 11.6 Å². The summed E-state index contributed by atoms with van der Waals surface area (Å²) in [5.74, 6) is -2.51. The van der Waals surface area contributed by atoms with E-state index in [0.717, 1.165) is 0 Å². The molecule has 8 heteroatoms. The average Bonchev–Trinajstić information content (AvgIpc) is 2.36. The Bertz CT molecular complexity index is 516. The summed E-state index contributed by atoms with van der Waals surface area (Å²) in [6.45, 7) is -2.62. The van der Waals surface area contributed by atoms with Gasteiger partial charge in [0.2, 0.25) is 0 Å². The minimum Gasteiger partial charge on any atom is -0.480 e. The van der Waals surface area contributed by atoms with Crippen LogP contribution in [-0.4, -0.2) is 48.3 Å². The second-order valence-corrected chi connectivity index (χ2v) is 4.26. The van der Waals surface area contributed by atoms with Crippen molar-refractivity contribution in [2.24, 2.45) is 0 Å². The predicted octanol–water partition coefficient (Wildman–Crippen LogP) is 1.92. The molecule has 1 rings (SSSR count). The van der Waals surface area contributed by atoms with Gasteiger partial charge in [0, 0.05) is 12.7 Å². The van der Waals surface area contributed by atoms with Crippen molar-refractivity contribution in [2.75, 3.05) is 20.2 Å². The predicted molar refractivity (Wildman–Crippen MR) is 66.7 cm³/mol. The normalized spacial score (nSPS) is 11.2. The third-order valence-corrected chi connectivity index (χ3v) is 2.53. The fourth-order valence-corrected chi connectivity index (χ4v) is 1.76. The van der Waals surface area contributed by atoms with Gasteiger partial charge in [-0.2, -0.15) is 13.2 Å². The number of hydrogen-bond acceptors (Lipinski definition) is 3. The number of alkyl halides is 3. The minimum absolute atomic E-state index is 0.00940. The van der Waals surface area contributed by atoms with E-state index in [-0.39, 0.29) is 17.1 Å². The molecule has 0 saturated heterocycles. The Morgan fingerprint density at radius 3 is 2.43 bits per heavy atom. The molecule has 0 aromatic heterocycles. The zero-order valence-electron chi connectivity index (χ0n) is 11.2. The van der Waals surface area contributed by atoms with Crippen LogP contribution in [0.5, 0.6) is 0 Å². The molecule has 116 valence electrons. The third-order valence-electron chi connectivity index (χ3n) is 2.53. The van der Waals surface area contributed by atoms with Gasteiger partial charge in [-0.1, -0.05) is 18.2 Å². The number of nitrogens with zero attached hydrogens (tertiary/aromatic N) is 1. The first-order valence-electron chi connectivity index (χ1n) is 5.89. The van der Waals surface area contributed by atoms with E-state index in [2.05, 4.69) is 0 Å². The van der Waals surface area contributed by atoms with Crippen LogP contribution in [-0.2, 0) is 16.1 Å². The lowest BCUT2D eigenvalue weighted by Gasteiger charge is -2.23. The first-order chi connectivity index (χ1) is 9.74. The maximum absolute atomic E-state index is 12.5. The van der Waals surface area contributed by atoms with E-state index >= 15 is 0 Å². The molecular formula is C13H14F3NO4. The standard InChI is InChI=1S/C13H14F3NO4/c1-21-7-9-4-2-3-5-10(9)12(20)17(6-11(18)19)8-13(14,15)16/h2-5H,6-8H2,1H3,(H,18,19). The van der Waals surface area contributed by atoms with E-state index in [1.165, 1.54) is 25.3 Å². The van der Waals surface area contributed by atoms with Crippen LogP contribution in [0.3, 0.4) is 0 Å². The van der Waals surface area contributed by atoms with Crippen molar-refractivity contribution in [3.63, 3.8) is 0 Å². The summed E-state index contributed by atoms with van der Waals surface area (Å²) in [5.41, 5.74) is 0.382. The second kappa shape index (κ2) is 7.07. The van der Waals surface area contributed by atoms with Crippen LogP contribution in [0.2, 0.25) is 0 Å². The van der Waals surface area contributed by atoms with E-state index in [0.29, 0.717) is 5.56 Å². The van der Waals surface area contributed by atoms with Gasteiger partial charge in [0.1, 0.15) is 13.1 Å². The highest BCUT2D eigenvalue weighted by atomic mass is 19.4. The fraction of sp³-hybridized carbons (Fsp3) is 0.385. The van der Waals surface area contributed by atoms with E-state index in [9.17, 15) is 22.8 Å². The quantitative estimate of drug-likeness (QED) is 0.872. The molecule has 0 bridgehead atoms. The van der Waals surface area contributed by atoms with Crippen LogP contribution in [0.15, 0.2) is 24.3 Å². The average molecular weight is 305 g/mol. The smallest absolute Gasteiger partial charge is 0.406 e. The summed E-state index contributed by atoms with van der Waals surface area (Å²) in [6.07, 6.45) is -4.68.